The zero-order valence-electron chi connectivity index (χ0n) is 15.9. The third kappa shape index (κ3) is 5.15. The quantitative estimate of drug-likeness (QED) is 0.625. The minimum Gasteiger partial charge on any atom is -0.508 e. The van der Waals surface area contributed by atoms with Crippen molar-refractivity contribution < 1.29 is 9.84 Å². The molecule has 0 bridgehead atoms. The molecule has 132 valence electrons. The first kappa shape index (κ1) is 18.6. The topological polar surface area (TPSA) is 29.5 Å². The van der Waals surface area contributed by atoms with Gasteiger partial charge in [-0.15, -0.1) is 0 Å². The third-order valence-corrected chi connectivity index (χ3v) is 4.85. The van der Waals surface area contributed by atoms with Gasteiger partial charge in [0.2, 0.25) is 0 Å². The van der Waals surface area contributed by atoms with Crippen LogP contribution < -0.4 is 4.74 Å². The zero-order chi connectivity index (χ0) is 17.7. The lowest BCUT2D eigenvalue weighted by atomic mass is 9.87. The second kappa shape index (κ2) is 7.92. The van der Waals surface area contributed by atoms with Crippen molar-refractivity contribution in [2.24, 2.45) is 0 Å². The summed E-state index contributed by atoms with van der Waals surface area (Å²) >= 11 is 0. The SMILES string of the molecule is CC(C)=CCCC(C)=CCC[C@]1(C)CCc2c(O)cc(C)cc2O1. The fourth-order valence-corrected chi connectivity index (χ4v) is 3.30. The first-order valence-electron chi connectivity index (χ1n) is 9.09. The highest BCUT2D eigenvalue weighted by molar-refractivity contribution is 5.48. The Morgan fingerprint density at radius 3 is 2.67 bits per heavy atom. The van der Waals surface area contributed by atoms with E-state index < -0.39 is 0 Å². The van der Waals surface area contributed by atoms with Crippen LogP contribution in [-0.4, -0.2) is 10.7 Å². The van der Waals surface area contributed by atoms with E-state index in [1.54, 1.807) is 0 Å². The van der Waals surface area contributed by atoms with Crippen molar-refractivity contribution in [2.75, 3.05) is 0 Å². The van der Waals surface area contributed by atoms with Crippen molar-refractivity contribution in [2.45, 2.75) is 78.7 Å². The highest BCUT2D eigenvalue weighted by Gasteiger charge is 2.32. The number of aryl methyl sites for hydroxylation is 1. The minimum atomic E-state index is -0.135. The fourth-order valence-electron chi connectivity index (χ4n) is 3.30. The number of hydrogen-bond donors (Lipinski definition) is 1. The predicted molar refractivity (Wildman–Crippen MR) is 102 cm³/mol. The zero-order valence-corrected chi connectivity index (χ0v) is 15.9. The van der Waals surface area contributed by atoms with Gasteiger partial charge in [-0.2, -0.15) is 0 Å². The fraction of sp³-hybridized carbons (Fsp3) is 0.545. The number of allylic oxidation sites excluding steroid dienone is 4. The van der Waals surface area contributed by atoms with E-state index in [0.717, 1.165) is 55.4 Å². The Balaban J connectivity index is 1.92. The first-order chi connectivity index (χ1) is 11.3. The largest absolute Gasteiger partial charge is 0.508 e. The maximum Gasteiger partial charge on any atom is 0.127 e. The van der Waals surface area contributed by atoms with Gasteiger partial charge in [-0.3, -0.25) is 0 Å². The number of rotatable bonds is 6. The molecule has 1 aliphatic heterocycles. The number of fused-ring (bicyclic) bond motifs is 1. The van der Waals surface area contributed by atoms with Crippen LogP contribution in [0.5, 0.6) is 11.5 Å². The van der Waals surface area contributed by atoms with Gasteiger partial charge in [0.05, 0.1) is 0 Å². The number of aromatic hydroxyl groups is 1. The monoisotopic (exact) mass is 328 g/mol. The highest BCUT2D eigenvalue weighted by Crippen LogP contribution is 2.40. The van der Waals surface area contributed by atoms with Crippen molar-refractivity contribution in [3.05, 3.63) is 46.6 Å². The van der Waals surface area contributed by atoms with Crippen molar-refractivity contribution in [3.8, 4) is 11.5 Å². The van der Waals surface area contributed by atoms with Crippen LogP contribution in [0.25, 0.3) is 0 Å². The molecule has 0 fully saturated rings. The molecule has 2 heteroatoms. The maximum absolute atomic E-state index is 10.1. The average molecular weight is 328 g/mol. The first-order valence-corrected chi connectivity index (χ1v) is 9.09. The molecule has 1 N–H and O–H groups in total. The molecule has 24 heavy (non-hydrogen) atoms. The normalized spacial score (nSPS) is 20.3. The summed E-state index contributed by atoms with van der Waals surface area (Å²) in [6.45, 7) is 10.7. The molecule has 0 spiro atoms. The summed E-state index contributed by atoms with van der Waals surface area (Å²) < 4.78 is 6.28. The van der Waals surface area contributed by atoms with E-state index in [1.165, 1.54) is 11.1 Å². The van der Waals surface area contributed by atoms with E-state index in [2.05, 4.69) is 39.8 Å². The Labute approximate surface area is 147 Å². The van der Waals surface area contributed by atoms with Crippen LogP contribution in [-0.2, 0) is 6.42 Å². The van der Waals surface area contributed by atoms with E-state index in [4.69, 9.17) is 4.74 Å². The summed E-state index contributed by atoms with van der Waals surface area (Å²) in [6, 6.07) is 3.87. The molecule has 0 radical (unpaired) electrons. The van der Waals surface area contributed by atoms with Gasteiger partial charge < -0.3 is 9.84 Å². The van der Waals surface area contributed by atoms with Crippen molar-refractivity contribution >= 4 is 0 Å². The molecular weight excluding hydrogens is 296 g/mol. The van der Waals surface area contributed by atoms with E-state index in [9.17, 15) is 5.11 Å². The van der Waals surface area contributed by atoms with E-state index in [1.807, 2.05) is 19.1 Å². The molecule has 0 unspecified atom stereocenters. The highest BCUT2D eigenvalue weighted by atomic mass is 16.5. The lowest BCUT2D eigenvalue weighted by molar-refractivity contribution is 0.0563. The molecule has 1 heterocycles. The molecule has 1 aliphatic rings. The Hall–Kier alpha value is -1.70. The molecule has 1 aromatic carbocycles. The minimum absolute atomic E-state index is 0.135. The van der Waals surface area contributed by atoms with Crippen LogP contribution in [0.2, 0.25) is 0 Å². The van der Waals surface area contributed by atoms with Gasteiger partial charge in [0.1, 0.15) is 17.1 Å². The third-order valence-electron chi connectivity index (χ3n) is 4.85. The maximum atomic E-state index is 10.1. The standard InChI is InChI=1S/C22H32O2/c1-16(2)8-6-9-17(3)10-7-12-22(5)13-11-19-20(23)14-18(4)15-21(19)24-22/h8,10,14-15,23H,6-7,9,11-13H2,1-5H3/t22-/m1/s1. The second-order valence-corrected chi connectivity index (χ2v) is 7.72. The Bertz CT molecular complexity index is 636. The smallest absolute Gasteiger partial charge is 0.127 e. The van der Waals surface area contributed by atoms with Crippen molar-refractivity contribution in [1.82, 2.24) is 0 Å². The van der Waals surface area contributed by atoms with Crippen LogP contribution in [0.15, 0.2) is 35.4 Å². The number of hydrogen-bond acceptors (Lipinski definition) is 2. The average Bonchev–Trinajstić information content (AvgIpc) is 2.45. The molecule has 2 nitrogen and oxygen atoms in total. The Kier molecular flexibility index (Phi) is 6.15. The number of phenols is 1. The second-order valence-electron chi connectivity index (χ2n) is 7.72. The van der Waals surface area contributed by atoms with Gasteiger partial charge in [-0.1, -0.05) is 23.3 Å². The van der Waals surface area contributed by atoms with Crippen LogP contribution >= 0.6 is 0 Å². The molecule has 0 saturated heterocycles. The summed E-state index contributed by atoms with van der Waals surface area (Å²) in [5.74, 6) is 1.24. The summed E-state index contributed by atoms with van der Waals surface area (Å²) in [4.78, 5) is 0. The van der Waals surface area contributed by atoms with Gasteiger partial charge in [-0.25, -0.2) is 0 Å². The molecule has 0 aliphatic carbocycles. The summed E-state index contributed by atoms with van der Waals surface area (Å²) in [5.41, 5.74) is 4.73. The lowest BCUT2D eigenvalue weighted by Crippen LogP contribution is -2.36. The van der Waals surface area contributed by atoms with Gasteiger partial charge >= 0.3 is 0 Å². The predicted octanol–water partition coefficient (Wildman–Crippen LogP) is 6.26. The molecule has 1 atom stereocenters. The molecular formula is C22H32O2. The molecule has 2 rings (SSSR count). The Morgan fingerprint density at radius 2 is 1.96 bits per heavy atom. The molecule has 0 aromatic heterocycles. The number of ether oxygens (including phenoxy) is 1. The van der Waals surface area contributed by atoms with Gasteiger partial charge in [0.15, 0.2) is 0 Å². The van der Waals surface area contributed by atoms with Gasteiger partial charge in [0, 0.05) is 5.56 Å². The van der Waals surface area contributed by atoms with Crippen molar-refractivity contribution in [1.29, 1.82) is 0 Å². The summed E-state index contributed by atoms with van der Waals surface area (Å²) in [6.07, 6.45) is 10.8. The van der Waals surface area contributed by atoms with E-state index >= 15 is 0 Å². The molecule has 0 saturated carbocycles. The summed E-state index contributed by atoms with van der Waals surface area (Å²) in [7, 11) is 0. The Morgan fingerprint density at radius 1 is 1.21 bits per heavy atom. The van der Waals surface area contributed by atoms with Gasteiger partial charge in [0.25, 0.3) is 0 Å². The van der Waals surface area contributed by atoms with Crippen molar-refractivity contribution in [3.63, 3.8) is 0 Å². The summed E-state index contributed by atoms with van der Waals surface area (Å²) in [5, 5.41) is 10.1. The van der Waals surface area contributed by atoms with Crippen LogP contribution in [0.3, 0.4) is 0 Å². The van der Waals surface area contributed by atoms with Crippen LogP contribution in [0.1, 0.15) is 70.9 Å². The van der Waals surface area contributed by atoms with Crippen LogP contribution in [0, 0.1) is 6.92 Å². The lowest BCUT2D eigenvalue weighted by Gasteiger charge is -2.36. The molecule has 0 amide bonds. The van der Waals surface area contributed by atoms with Crippen LogP contribution in [0.4, 0.5) is 0 Å². The number of benzene rings is 1. The van der Waals surface area contributed by atoms with Gasteiger partial charge in [-0.05, 0) is 90.8 Å². The number of phenolic OH excluding ortho intramolecular Hbond substituents is 1. The molecule has 1 aromatic rings. The van der Waals surface area contributed by atoms with E-state index in [0.29, 0.717) is 5.75 Å². The van der Waals surface area contributed by atoms with E-state index in [-0.39, 0.29) is 5.60 Å².